The van der Waals surface area contributed by atoms with Crippen LogP contribution in [0.2, 0.25) is 5.02 Å². The van der Waals surface area contributed by atoms with Crippen molar-refractivity contribution >= 4 is 44.6 Å². The molecule has 0 radical (unpaired) electrons. The molecule has 6 heteroatoms. The van der Waals surface area contributed by atoms with Gasteiger partial charge in [0.05, 0.1) is 5.69 Å². The molecule has 0 atom stereocenters. The van der Waals surface area contributed by atoms with Crippen molar-refractivity contribution in [3.63, 3.8) is 0 Å². The summed E-state index contributed by atoms with van der Waals surface area (Å²) < 4.78 is 6.29. The van der Waals surface area contributed by atoms with E-state index in [1.165, 1.54) is 11.3 Å². The number of thiophene rings is 1. The van der Waals surface area contributed by atoms with Gasteiger partial charge in [0.1, 0.15) is 4.88 Å². The summed E-state index contributed by atoms with van der Waals surface area (Å²) in [4.78, 5) is 15.1. The van der Waals surface area contributed by atoms with Gasteiger partial charge in [-0.2, -0.15) is 0 Å². The van der Waals surface area contributed by atoms with E-state index in [2.05, 4.69) is 0 Å². The third-order valence-corrected chi connectivity index (χ3v) is 5.34. The fraction of sp³-hybridized carbons (Fsp3) is 0.400. The number of anilines is 1. The molecular formula is C15H17ClN2O2S. The van der Waals surface area contributed by atoms with Crippen molar-refractivity contribution in [2.24, 2.45) is 0 Å². The second-order valence-electron chi connectivity index (χ2n) is 5.24. The summed E-state index contributed by atoms with van der Waals surface area (Å²) in [6, 6.07) is 5.74. The van der Waals surface area contributed by atoms with Gasteiger partial charge in [-0.15, -0.1) is 11.3 Å². The maximum atomic E-state index is 12.7. The van der Waals surface area contributed by atoms with E-state index in [1.54, 1.807) is 11.0 Å². The number of nitrogens with two attached hydrogens (primary N) is 1. The van der Waals surface area contributed by atoms with Gasteiger partial charge in [-0.05, 0) is 31.0 Å². The molecule has 0 aliphatic carbocycles. The maximum Gasteiger partial charge on any atom is 0.266 e. The number of rotatable bonds is 2. The standard InChI is InChI=1S/C15H17ClN2O2S/c1-18(10-4-6-20-7-5-10)15(19)14-13(17)11-3-2-9(16)8-12(11)21-14/h2-3,8,10H,4-7,17H2,1H3. The van der Waals surface area contributed by atoms with E-state index in [-0.39, 0.29) is 11.9 Å². The number of carbonyl (C=O) groups excluding carboxylic acids is 1. The monoisotopic (exact) mass is 324 g/mol. The van der Waals surface area contributed by atoms with Crippen molar-refractivity contribution in [1.29, 1.82) is 0 Å². The minimum Gasteiger partial charge on any atom is -0.397 e. The van der Waals surface area contributed by atoms with Crippen LogP contribution < -0.4 is 5.73 Å². The molecule has 0 saturated carbocycles. The molecule has 0 spiro atoms. The topological polar surface area (TPSA) is 55.6 Å². The van der Waals surface area contributed by atoms with E-state index in [4.69, 9.17) is 22.1 Å². The summed E-state index contributed by atoms with van der Waals surface area (Å²) in [7, 11) is 1.84. The number of halogens is 1. The molecule has 0 unspecified atom stereocenters. The Balaban J connectivity index is 1.91. The van der Waals surface area contributed by atoms with Crippen LogP contribution in [0.25, 0.3) is 10.1 Å². The lowest BCUT2D eigenvalue weighted by Crippen LogP contribution is -2.40. The van der Waals surface area contributed by atoms with Crippen molar-refractivity contribution < 1.29 is 9.53 Å². The summed E-state index contributed by atoms with van der Waals surface area (Å²) in [5.74, 6) is -0.0169. The first-order valence-electron chi connectivity index (χ1n) is 6.90. The molecule has 0 bridgehead atoms. The molecule has 3 rings (SSSR count). The quantitative estimate of drug-likeness (QED) is 0.921. The Hall–Kier alpha value is -1.30. The number of nitrogens with zero attached hydrogens (tertiary/aromatic N) is 1. The number of fused-ring (bicyclic) bond motifs is 1. The number of amides is 1. The smallest absolute Gasteiger partial charge is 0.266 e. The van der Waals surface area contributed by atoms with Crippen LogP contribution in [0.1, 0.15) is 22.5 Å². The van der Waals surface area contributed by atoms with Gasteiger partial charge in [-0.25, -0.2) is 0 Å². The summed E-state index contributed by atoms with van der Waals surface area (Å²) >= 11 is 7.41. The van der Waals surface area contributed by atoms with Gasteiger partial charge in [-0.1, -0.05) is 11.6 Å². The van der Waals surface area contributed by atoms with Gasteiger partial charge in [0.25, 0.3) is 5.91 Å². The molecule has 1 aliphatic heterocycles. The van der Waals surface area contributed by atoms with Gasteiger partial charge in [0.2, 0.25) is 0 Å². The normalized spacial score (nSPS) is 16.3. The second-order valence-corrected chi connectivity index (χ2v) is 6.73. The lowest BCUT2D eigenvalue weighted by atomic mass is 10.1. The largest absolute Gasteiger partial charge is 0.397 e. The Bertz CT molecular complexity index is 680. The Labute approximate surface area is 132 Å². The highest BCUT2D eigenvalue weighted by Crippen LogP contribution is 2.36. The molecule has 1 fully saturated rings. The van der Waals surface area contributed by atoms with E-state index >= 15 is 0 Å². The molecular weight excluding hydrogens is 308 g/mol. The van der Waals surface area contributed by atoms with E-state index in [9.17, 15) is 4.79 Å². The van der Waals surface area contributed by atoms with E-state index in [0.29, 0.717) is 28.8 Å². The Morgan fingerprint density at radius 1 is 1.43 bits per heavy atom. The molecule has 1 saturated heterocycles. The minimum atomic E-state index is -0.0169. The van der Waals surface area contributed by atoms with E-state index in [1.807, 2.05) is 19.2 Å². The van der Waals surface area contributed by atoms with Crippen molar-refractivity contribution in [3.05, 3.63) is 28.1 Å². The number of hydrogen-bond donors (Lipinski definition) is 1. The van der Waals surface area contributed by atoms with Crippen molar-refractivity contribution in [1.82, 2.24) is 4.90 Å². The molecule has 2 N–H and O–H groups in total. The predicted molar refractivity (Wildman–Crippen MR) is 87.2 cm³/mol. The number of nitrogen functional groups attached to an aromatic ring is 1. The highest BCUT2D eigenvalue weighted by Gasteiger charge is 2.26. The average Bonchev–Trinajstić information content (AvgIpc) is 2.83. The van der Waals surface area contributed by atoms with E-state index in [0.717, 1.165) is 22.9 Å². The van der Waals surface area contributed by atoms with Crippen LogP contribution in [0.5, 0.6) is 0 Å². The number of benzene rings is 1. The first-order chi connectivity index (χ1) is 10.1. The zero-order valence-corrected chi connectivity index (χ0v) is 13.3. The van der Waals surface area contributed by atoms with E-state index < -0.39 is 0 Å². The summed E-state index contributed by atoms with van der Waals surface area (Å²) in [6.07, 6.45) is 1.75. The molecule has 21 heavy (non-hydrogen) atoms. The van der Waals surface area contributed by atoms with Crippen LogP contribution in [0, 0.1) is 0 Å². The van der Waals surface area contributed by atoms with Gasteiger partial charge in [-0.3, -0.25) is 4.79 Å². The lowest BCUT2D eigenvalue weighted by Gasteiger charge is -2.31. The molecule has 112 valence electrons. The number of hydrogen-bond acceptors (Lipinski definition) is 4. The second kappa shape index (κ2) is 5.83. The molecule has 4 nitrogen and oxygen atoms in total. The molecule has 1 aromatic heterocycles. The summed E-state index contributed by atoms with van der Waals surface area (Å²) in [6.45, 7) is 1.42. The maximum absolute atomic E-state index is 12.7. The SMILES string of the molecule is CN(C(=O)c1sc2cc(Cl)ccc2c1N)C1CCOCC1. The fourth-order valence-electron chi connectivity index (χ4n) is 2.65. The highest BCUT2D eigenvalue weighted by atomic mass is 35.5. The fourth-order valence-corrected chi connectivity index (χ4v) is 4.03. The Kier molecular flexibility index (Phi) is 4.06. The van der Waals surface area contributed by atoms with Crippen LogP contribution in [0.15, 0.2) is 18.2 Å². The van der Waals surface area contributed by atoms with Crippen LogP contribution >= 0.6 is 22.9 Å². The first kappa shape index (κ1) is 14.6. The van der Waals surface area contributed by atoms with Crippen LogP contribution in [0.4, 0.5) is 5.69 Å². The highest BCUT2D eigenvalue weighted by molar-refractivity contribution is 7.21. The lowest BCUT2D eigenvalue weighted by molar-refractivity contribution is 0.0365. The summed E-state index contributed by atoms with van der Waals surface area (Å²) in [5, 5.41) is 1.55. The van der Waals surface area contributed by atoms with Crippen LogP contribution in [0.3, 0.4) is 0 Å². The van der Waals surface area contributed by atoms with Gasteiger partial charge in [0.15, 0.2) is 0 Å². The Morgan fingerprint density at radius 3 is 2.86 bits per heavy atom. The Morgan fingerprint density at radius 2 is 2.14 bits per heavy atom. The molecule has 1 aromatic carbocycles. The van der Waals surface area contributed by atoms with Gasteiger partial charge < -0.3 is 15.4 Å². The predicted octanol–water partition coefficient (Wildman–Crippen LogP) is 3.39. The van der Waals surface area contributed by atoms with Gasteiger partial charge >= 0.3 is 0 Å². The summed E-state index contributed by atoms with van der Waals surface area (Å²) in [5.41, 5.74) is 6.70. The molecule has 2 heterocycles. The van der Waals surface area contributed by atoms with Crippen molar-refractivity contribution in [3.8, 4) is 0 Å². The van der Waals surface area contributed by atoms with Crippen molar-refractivity contribution in [2.75, 3.05) is 26.0 Å². The zero-order chi connectivity index (χ0) is 15.0. The number of carbonyl (C=O) groups is 1. The van der Waals surface area contributed by atoms with Gasteiger partial charge in [0, 0.05) is 41.4 Å². The third kappa shape index (κ3) is 2.73. The van der Waals surface area contributed by atoms with Crippen LogP contribution in [-0.2, 0) is 4.74 Å². The molecule has 2 aromatic rings. The van der Waals surface area contributed by atoms with Crippen molar-refractivity contribution in [2.45, 2.75) is 18.9 Å². The molecule has 1 aliphatic rings. The average molecular weight is 325 g/mol. The first-order valence-corrected chi connectivity index (χ1v) is 8.10. The molecule has 1 amide bonds. The minimum absolute atomic E-state index is 0.0169. The third-order valence-electron chi connectivity index (χ3n) is 3.94. The number of ether oxygens (including phenoxy) is 1. The zero-order valence-electron chi connectivity index (χ0n) is 11.8. The van der Waals surface area contributed by atoms with Crippen LogP contribution in [-0.4, -0.2) is 37.1 Å².